The van der Waals surface area contributed by atoms with E-state index in [2.05, 4.69) is 0 Å². The van der Waals surface area contributed by atoms with Gasteiger partial charge in [0.25, 0.3) is 0 Å². The lowest BCUT2D eigenvalue weighted by Crippen LogP contribution is -2.36. The molecule has 1 fully saturated rings. The third-order valence-corrected chi connectivity index (χ3v) is 5.89. The van der Waals surface area contributed by atoms with Crippen molar-refractivity contribution in [2.24, 2.45) is 0 Å². The summed E-state index contributed by atoms with van der Waals surface area (Å²) < 4.78 is 10.4. The average molecular weight is 449 g/mol. The van der Waals surface area contributed by atoms with Crippen molar-refractivity contribution in [3.8, 4) is 11.5 Å². The minimum Gasteiger partial charge on any atom is -0.497 e. The molecule has 33 heavy (non-hydrogen) atoms. The number of carbonyl (C=O) groups is 2. The van der Waals surface area contributed by atoms with E-state index in [-0.39, 0.29) is 11.8 Å². The van der Waals surface area contributed by atoms with Crippen LogP contribution in [0.2, 0.25) is 0 Å². The van der Waals surface area contributed by atoms with Crippen molar-refractivity contribution in [2.45, 2.75) is 20.3 Å². The van der Waals surface area contributed by atoms with Crippen LogP contribution < -0.4 is 9.47 Å². The van der Waals surface area contributed by atoms with Gasteiger partial charge in [0.1, 0.15) is 11.5 Å². The highest BCUT2D eigenvalue weighted by Gasteiger charge is 2.20. The largest absolute Gasteiger partial charge is 0.497 e. The third kappa shape index (κ3) is 6.48. The van der Waals surface area contributed by atoms with E-state index >= 15 is 0 Å². The number of rotatable bonds is 6. The minimum atomic E-state index is -0.0254. The summed E-state index contributed by atoms with van der Waals surface area (Å²) in [5.41, 5.74) is 3.76. The van der Waals surface area contributed by atoms with E-state index in [9.17, 15) is 9.59 Å². The minimum absolute atomic E-state index is 0.0254. The van der Waals surface area contributed by atoms with Crippen LogP contribution >= 0.6 is 0 Å². The maximum atomic E-state index is 12.8. The Balaban J connectivity index is 1.60. The number of methoxy groups -OCH3 is 2. The molecule has 1 saturated heterocycles. The van der Waals surface area contributed by atoms with Crippen molar-refractivity contribution < 1.29 is 19.1 Å². The molecule has 0 unspecified atom stereocenters. The van der Waals surface area contributed by atoms with Crippen LogP contribution in [0.3, 0.4) is 0 Å². The normalized spacial score (nSPS) is 15.2. The van der Waals surface area contributed by atoms with Gasteiger partial charge >= 0.3 is 0 Å². The van der Waals surface area contributed by atoms with Gasteiger partial charge in [0.15, 0.2) is 0 Å². The topological polar surface area (TPSA) is 59.1 Å². The molecular formula is C27H32N2O4. The van der Waals surface area contributed by atoms with E-state index < -0.39 is 0 Å². The second-order valence-electron chi connectivity index (χ2n) is 8.12. The second kappa shape index (κ2) is 11.4. The van der Waals surface area contributed by atoms with Crippen LogP contribution in [-0.2, 0) is 9.59 Å². The zero-order valence-electron chi connectivity index (χ0n) is 19.8. The third-order valence-electron chi connectivity index (χ3n) is 5.89. The Morgan fingerprint density at radius 1 is 0.667 bits per heavy atom. The van der Waals surface area contributed by atoms with Crippen molar-refractivity contribution >= 4 is 23.0 Å². The van der Waals surface area contributed by atoms with Gasteiger partial charge in [-0.3, -0.25) is 9.59 Å². The van der Waals surface area contributed by atoms with Crippen LogP contribution in [0, 0.1) is 0 Å². The van der Waals surface area contributed by atoms with E-state index in [4.69, 9.17) is 9.47 Å². The predicted molar refractivity (Wildman–Crippen MR) is 131 cm³/mol. The van der Waals surface area contributed by atoms with E-state index in [1.54, 1.807) is 26.4 Å². The van der Waals surface area contributed by atoms with Crippen molar-refractivity contribution in [3.63, 3.8) is 0 Å². The molecule has 2 aromatic rings. The summed E-state index contributed by atoms with van der Waals surface area (Å²) in [6, 6.07) is 15.3. The van der Waals surface area contributed by atoms with Crippen molar-refractivity contribution in [3.05, 3.63) is 71.8 Å². The first-order valence-corrected chi connectivity index (χ1v) is 11.1. The number of allylic oxidation sites excluding steroid dienone is 2. The molecular weight excluding hydrogens is 416 g/mol. The first-order valence-electron chi connectivity index (χ1n) is 11.1. The molecule has 6 heteroatoms. The molecule has 0 aliphatic carbocycles. The summed E-state index contributed by atoms with van der Waals surface area (Å²) in [6.07, 6.45) is 4.10. The average Bonchev–Trinajstić information content (AvgIpc) is 3.10. The molecule has 2 amide bonds. The van der Waals surface area contributed by atoms with Crippen LogP contribution in [0.15, 0.2) is 60.7 Å². The van der Waals surface area contributed by atoms with Gasteiger partial charge in [-0.05, 0) is 66.8 Å². The first-order chi connectivity index (χ1) is 15.9. The van der Waals surface area contributed by atoms with Crippen molar-refractivity contribution in [1.29, 1.82) is 0 Å². The molecule has 1 heterocycles. The van der Waals surface area contributed by atoms with Crippen LogP contribution in [0.5, 0.6) is 11.5 Å². The monoisotopic (exact) mass is 448 g/mol. The summed E-state index contributed by atoms with van der Waals surface area (Å²) in [5.74, 6) is 1.52. The highest BCUT2D eigenvalue weighted by atomic mass is 16.5. The SMILES string of the molecule is COc1ccc(/C(C)=C/C(=O)N2CCCN(C(=O)/C=C(\C)c3ccc(OC)cc3)CC2)cc1. The Hall–Kier alpha value is -3.54. The Morgan fingerprint density at radius 3 is 1.36 bits per heavy atom. The fourth-order valence-electron chi connectivity index (χ4n) is 3.79. The lowest BCUT2D eigenvalue weighted by atomic mass is 10.1. The number of nitrogens with zero attached hydrogens (tertiary/aromatic N) is 2. The molecule has 0 atom stereocenters. The predicted octanol–water partition coefficient (Wildman–Crippen LogP) is 4.27. The van der Waals surface area contributed by atoms with Gasteiger partial charge < -0.3 is 19.3 Å². The Labute approximate surface area is 196 Å². The molecule has 0 saturated carbocycles. The fraction of sp³-hybridized carbons (Fsp3) is 0.333. The van der Waals surface area contributed by atoms with Crippen molar-refractivity contribution in [2.75, 3.05) is 40.4 Å². The highest BCUT2D eigenvalue weighted by Crippen LogP contribution is 2.20. The Kier molecular flexibility index (Phi) is 8.30. The molecule has 0 radical (unpaired) electrons. The zero-order valence-corrected chi connectivity index (χ0v) is 19.8. The van der Waals surface area contributed by atoms with Gasteiger partial charge in [-0.25, -0.2) is 0 Å². The number of hydrogen-bond acceptors (Lipinski definition) is 4. The lowest BCUT2D eigenvalue weighted by Gasteiger charge is -2.21. The molecule has 1 aliphatic rings. The number of carbonyl (C=O) groups excluding carboxylic acids is 2. The van der Waals surface area contributed by atoms with Gasteiger partial charge in [-0.2, -0.15) is 0 Å². The Morgan fingerprint density at radius 2 is 1.03 bits per heavy atom. The molecule has 0 bridgehead atoms. The first kappa shape index (κ1) is 24.1. The molecule has 2 aromatic carbocycles. The molecule has 0 spiro atoms. The van der Waals surface area contributed by atoms with Crippen LogP contribution in [0.1, 0.15) is 31.4 Å². The van der Waals surface area contributed by atoms with Crippen LogP contribution in [0.25, 0.3) is 11.1 Å². The summed E-state index contributed by atoms with van der Waals surface area (Å²) in [6.45, 7) is 6.17. The second-order valence-corrected chi connectivity index (χ2v) is 8.12. The van der Waals surface area contributed by atoms with E-state index in [0.717, 1.165) is 40.2 Å². The number of hydrogen-bond donors (Lipinski definition) is 0. The summed E-state index contributed by atoms with van der Waals surface area (Å²) in [5, 5.41) is 0. The smallest absolute Gasteiger partial charge is 0.246 e. The lowest BCUT2D eigenvalue weighted by molar-refractivity contribution is -0.128. The quantitative estimate of drug-likeness (QED) is 0.619. The van der Waals surface area contributed by atoms with Gasteiger partial charge in [-0.15, -0.1) is 0 Å². The van der Waals surface area contributed by atoms with E-state index in [0.29, 0.717) is 26.2 Å². The number of amides is 2. The highest BCUT2D eigenvalue weighted by molar-refractivity contribution is 5.96. The number of benzene rings is 2. The van der Waals surface area contributed by atoms with Gasteiger partial charge in [-0.1, -0.05) is 24.3 Å². The molecule has 0 aromatic heterocycles. The van der Waals surface area contributed by atoms with Gasteiger partial charge in [0.05, 0.1) is 14.2 Å². The van der Waals surface area contributed by atoms with E-state index in [1.807, 2.05) is 72.2 Å². The van der Waals surface area contributed by atoms with Crippen LogP contribution in [0.4, 0.5) is 0 Å². The Bertz CT molecular complexity index is 940. The molecule has 3 rings (SSSR count). The summed E-state index contributed by atoms with van der Waals surface area (Å²) in [7, 11) is 3.26. The van der Waals surface area contributed by atoms with Gasteiger partial charge in [0.2, 0.25) is 11.8 Å². The van der Waals surface area contributed by atoms with E-state index in [1.165, 1.54) is 0 Å². The summed E-state index contributed by atoms with van der Waals surface area (Å²) in [4.78, 5) is 29.3. The maximum Gasteiger partial charge on any atom is 0.246 e. The zero-order chi connectivity index (χ0) is 23.8. The summed E-state index contributed by atoms with van der Waals surface area (Å²) >= 11 is 0. The maximum absolute atomic E-state index is 12.8. The fourth-order valence-corrected chi connectivity index (χ4v) is 3.79. The standard InChI is InChI=1S/C27H32N2O4/c1-20(22-6-10-24(32-3)11-7-22)18-26(30)28-14-5-15-29(17-16-28)27(31)19-21(2)23-8-12-25(33-4)13-9-23/h6-13,18-19H,5,14-17H2,1-4H3/b20-18+,21-19+. The number of ether oxygens (including phenoxy) is 2. The molecule has 174 valence electrons. The molecule has 6 nitrogen and oxygen atoms in total. The van der Waals surface area contributed by atoms with Crippen LogP contribution in [-0.4, -0.2) is 62.0 Å². The molecule has 0 N–H and O–H groups in total. The van der Waals surface area contributed by atoms with Crippen molar-refractivity contribution in [1.82, 2.24) is 9.80 Å². The molecule has 1 aliphatic heterocycles. The van der Waals surface area contributed by atoms with Gasteiger partial charge in [0, 0.05) is 38.3 Å².